The van der Waals surface area contributed by atoms with Crippen LogP contribution < -0.4 is 0 Å². The summed E-state index contributed by atoms with van der Waals surface area (Å²) in [5, 5.41) is 0. The SMILES string of the molecule is CN(CC1CCCCC1)CC1(C=O)CCCCC1. The molecule has 0 N–H and O–H groups in total. The minimum Gasteiger partial charge on any atom is -0.305 e. The zero-order chi connectivity index (χ0) is 12.8. The van der Waals surface area contributed by atoms with Crippen molar-refractivity contribution >= 4 is 6.29 Å². The third-order valence-electron chi connectivity index (χ3n) is 4.98. The first-order valence-corrected chi connectivity index (χ1v) is 7.89. The molecule has 2 fully saturated rings. The molecule has 2 heteroatoms. The van der Waals surface area contributed by atoms with Crippen molar-refractivity contribution in [3.63, 3.8) is 0 Å². The number of carbonyl (C=O) groups is 1. The summed E-state index contributed by atoms with van der Waals surface area (Å²) in [4.78, 5) is 13.9. The van der Waals surface area contributed by atoms with Crippen LogP contribution in [0.2, 0.25) is 0 Å². The van der Waals surface area contributed by atoms with Crippen molar-refractivity contribution in [2.24, 2.45) is 11.3 Å². The van der Waals surface area contributed by atoms with E-state index in [-0.39, 0.29) is 5.41 Å². The second-order valence-corrected chi connectivity index (χ2v) is 6.74. The van der Waals surface area contributed by atoms with Crippen LogP contribution >= 0.6 is 0 Å². The highest BCUT2D eigenvalue weighted by molar-refractivity contribution is 5.60. The molecular formula is C16H29NO. The predicted molar refractivity (Wildman–Crippen MR) is 75.7 cm³/mol. The van der Waals surface area contributed by atoms with Gasteiger partial charge in [-0.1, -0.05) is 38.5 Å². The Kier molecular flexibility index (Phi) is 5.23. The topological polar surface area (TPSA) is 20.3 Å². The van der Waals surface area contributed by atoms with Crippen LogP contribution in [0.3, 0.4) is 0 Å². The van der Waals surface area contributed by atoms with Crippen LogP contribution in [0, 0.1) is 11.3 Å². The summed E-state index contributed by atoms with van der Waals surface area (Å²) in [6.45, 7) is 2.20. The van der Waals surface area contributed by atoms with Crippen molar-refractivity contribution in [2.75, 3.05) is 20.1 Å². The van der Waals surface area contributed by atoms with Crippen molar-refractivity contribution in [3.05, 3.63) is 0 Å². The summed E-state index contributed by atoms with van der Waals surface area (Å²) in [7, 11) is 2.22. The minimum atomic E-state index is -0.0122. The van der Waals surface area contributed by atoms with E-state index >= 15 is 0 Å². The van der Waals surface area contributed by atoms with Gasteiger partial charge in [0.05, 0.1) is 0 Å². The van der Waals surface area contributed by atoms with E-state index in [0.29, 0.717) is 0 Å². The lowest BCUT2D eigenvalue weighted by Gasteiger charge is -2.37. The lowest BCUT2D eigenvalue weighted by Crippen LogP contribution is -2.40. The van der Waals surface area contributed by atoms with E-state index in [1.54, 1.807) is 0 Å². The smallest absolute Gasteiger partial charge is 0.127 e. The van der Waals surface area contributed by atoms with Crippen LogP contribution in [-0.4, -0.2) is 31.3 Å². The summed E-state index contributed by atoms with van der Waals surface area (Å²) in [6, 6.07) is 0. The lowest BCUT2D eigenvalue weighted by atomic mass is 9.74. The average Bonchev–Trinajstić information content (AvgIpc) is 2.41. The van der Waals surface area contributed by atoms with Crippen LogP contribution in [0.4, 0.5) is 0 Å². The number of nitrogens with zero attached hydrogens (tertiary/aromatic N) is 1. The zero-order valence-corrected chi connectivity index (χ0v) is 12.0. The van der Waals surface area contributed by atoms with Gasteiger partial charge in [-0.25, -0.2) is 0 Å². The summed E-state index contributed by atoms with van der Waals surface area (Å²) in [5.41, 5.74) is -0.0122. The molecule has 104 valence electrons. The average molecular weight is 251 g/mol. The van der Waals surface area contributed by atoms with Gasteiger partial charge in [0.1, 0.15) is 6.29 Å². The maximum atomic E-state index is 11.5. The third kappa shape index (κ3) is 3.81. The standard InChI is InChI=1S/C16H29NO/c1-17(12-15-8-4-2-5-9-15)13-16(14-18)10-6-3-7-11-16/h14-15H,2-13H2,1H3. The number of rotatable bonds is 5. The molecule has 0 aromatic carbocycles. The number of hydrogen-bond donors (Lipinski definition) is 0. The Hall–Kier alpha value is -0.370. The van der Waals surface area contributed by atoms with Gasteiger partial charge in [-0.05, 0) is 38.6 Å². The monoisotopic (exact) mass is 251 g/mol. The highest BCUT2D eigenvalue weighted by Gasteiger charge is 2.33. The molecule has 0 heterocycles. The molecule has 0 unspecified atom stereocenters. The van der Waals surface area contributed by atoms with Gasteiger partial charge in [-0.3, -0.25) is 0 Å². The van der Waals surface area contributed by atoms with Crippen LogP contribution in [0.1, 0.15) is 64.2 Å². The summed E-state index contributed by atoms with van der Waals surface area (Å²) >= 11 is 0. The van der Waals surface area contributed by atoms with Gasteiger partial charge < -0.3 is 9.69 Å². The fourth-order valence-electron chi connectivity index (χ4n) is 3.98. The Labute approximate surface area is 112 Å². The molecular weight excluding hydrogens is 222 g/mol. The first-order chi connectivity index (χ1) is 8.74. The quantitative estimate of drug-likeness (QED) is 0.695. The molecule has 0 spiro atoms. The number of aldehydes is 1. The van der Waals surface area contributed by atoms with Crippen molar-refractivity contribution in [1.29, 1.82) is 0 Å². The normalized spacial score (nSPS) is 25.2. The van der Waals surface area contributed by atoms with Crippen molar-refractivity contribution < 1.29 is 4.79 Å². The van der Waals surface area contributed by atoms with E-state index < -0.39 is 0 Å². The fraction of sp³-hybridized carbons (Fsp3) is 0.938. The van der Waals surface area contributed by atoms with Crippen molar-refractivity contribution in [2.45, 2.75) is 64.2 Å². The fourth-order valence-corrected chi connectivity index (χ4v) is 3.98. The second kappa shape index (κ2) is 6.70. The molecule has 0 aliphatic heterocycles. The molecule has 2 aliphatic carbocycles. The van der Waals surface area contributed by atoms with E-state index in [9.17, 15) is 4.79 Å². The molecule has 0 saturated heterocycles. The van der Waals surface area contributed by atoms with E-state index in [2.05, 4.69) is 11.9 Å². The van der Waals surface area contributed by atoms with E-state index in [0.717, 1.165) is 25.3 Å². The predicted octanol–water partition coefficient (Wildman–Crippen LogP) is 3.65. The maximum Gasteiger partial charge on any atom is 0.127 e. The van der Waals surface area contributed by atoms with Gasteiger partial charge >= 0.3 is 0 Å². The molecule has 18 heavy (non-hydrogen) atoms. The second-order valence-electron chi connectivity index (χ2n) is 6.74. The van der Waals surface area contributed by atoms with Crippen molar-refractivity contribution in [1.82, 2.24) is 4.90 Å². The van der Waals surface area contributed by atoms with Gasteiger partial charge in [-0.2, -0.15) is 0 Å². The summed E-state index contributed by atoms with van der Waals surface area (Å²) in [5.74, 6) is 0.885. The van der Waals surface area contributed by atoms with E-state index in [1.807, 2.05) is 0 Å². The third-order valence-corrected chi connectivity index (χ3v) is 4.98. The Morgan fingerprint density at radius 3 is 2.28 bits per heavy atom. The van der Waals surface area contributed by atoms with Gasteiger partial charge in [0.2, 0.25) is 0 Å². The number of carbonyl (C=O) groups excluding carboxylic acids is 1. The summed E-state index contributed by atoms with van der Waals surface area (Å²) in [6.07, 6.45) is 14.4. The maximum absolute atomic E-state index is 11.5. The van der Waals surface area contributed by atoms with Gasteiger partial charge in [0, 0.05) is 18.5 Å². The molecule has 2 aliphatic rings. The zero-order valence-electron chi connectivity index (χ0n) is 12.0. The van der Waals surface area contributed by atoms with E-state index in [1.165, 1.54) is 64.2 Å². The Balaban J connectivity index is 1.80. The lowest BCUT2D eigenvalue weighted by molar-refractivity contribution is -0.119. The van der Waals surface area contributed by atoms with Gasteiger partial charge in [0.25, 0.3) is 0 Å². The minimum absolute atomic E-state index is 0.0122. The molecule has 0 atom stereocenters. The van der Waals surface area contributed by atoms with E-state index in [4.69, 9.17) is 0 Å². The molecule has 2 saturated carbocycles. The number of hydrogen-bond acceptors (Lipinski definition) is 2. The van der Waals surface area contributed by atoms with Crippen LogP contribution in [0.15, 0.2) is 0 Å². The van der Waals surface area contributed by atoms with Crippen molar-refractivity contribution in [3.8, 4) is 0 Å². The molecule has 2 rings (SSSR count). The highest BCUT2D eigenvalue weighted by Crippen LogP contribution is 2.35. The largest absolute Gasteiger partial charge is 0.305 e. The Morgan fingerprint density at radius 1 is 1.06 bits per heavy atom. The molecule has 2 nitrogen and oxygen atoms in total. The van der Waals surface area contributed by atoms with Crippen LogP contribution in [-0.2, 0) is 4.79 Å². The Bertz CT molecular complexity index is 252. The molecule has 0 aromatic heterocycles. The van der Waals surface area contributed by atoms with Gasteiger partial charge in [0.15, 0.2) is 0 Å². The first kappa shape index (κ1) is 14.0. The molecule has 0 aromatic rings. The highest BCUT2D eigenvalue weighted by atomic mass is 16.1. The van der Waals surface area contributed by atoms with Crippen LogP contribution in [0.25, 0.3) is 0 Å². The van der Waals surface area contributed by atoms with Crippen LogP contribution in [0.5, 0.6) is 0 Å². The molecule has 0 amide bonds. The molecule has 0 bridgehead atoms. The molecule has 0 radical (unpaired) electrons. The summed E-state index contributed by atoms with van der Waals surface area (Å²) < 4.78 is 0. The Morgan fingerprint density at radius 2 is 1.67 bits per heavy atom. The first-order valence-electron chi connectivity index (χ1n) is 7.89. The van der Waals surface area contributed by atoms with Gasteiger partial charge in [-0.15, -0.1) is 0 Å².